The van der Waals surface area contributed by atoms with Gasteiger partial charge in [0.25, 0.3) is 0 Å². The van der Waals surface area contributed by atoms with Crippen LogP contribution in [-0.4, -0.2) is 0 Å². The molecule has 0 unspecified atom stereocenters. The number of hydrogen-bond donors (Lipinski definition) is 0. The van der Waals surface area contributed by atoms with Crippen LogP contribution in [0.2, 0.25) is 0 Å². The van der Waals surface area contributed by atoms with Crippen LogP contribution in [0.4, 0.5) is 17.1 Å². The number of hydrogen-bond acceptors (Lipinski definition) is 1. The topological polar surface area (TPSA) is 3.24 Å². The minimum atomic E-state index is -0.532. The van der Waals surface area contributed by atoms with Gasteiger partial charge in [-0.25, -0.2) is 0 Å². The first-order valence-electron chi connectivity index (χ1n) is 18.7. The van der Waals surface area contributed by atoms with Gasteiger partial charge in [0.15, 0.2) is 0 Å². The summed E-state index contributed by atoms with van der Waals surface area (Å²) in [5.41, 5.74) is 15.5. The summed E-state index contributed by atoms with van der Waals surface area (Å²) in [4.78, 5) is 2.33. The Hall–Kier alpha value is -6.96. The Balaban J connectivity index is 1.33. The summed E-state index contributed by atoms with van der Waals surface area (Å²) >= 11 is 0. The molecule has 10 rings (SSSR count). The van der Waals surface area contributed by atoms with Gasteiger partial charge in [0.1, 0.15) is 0 Å². The molecule has 0 N–H and O–H groups in total. The Morgan fingerprint density at radius 2 is 0.722 bits per heavy atom. The molecule has 1 aliphatic rings. The van der Waals surface area contributed by atoms with Crippen molar-refractivity contribution in [3.8, 4) is 33.4 Å². The molecule has 0 aliphatic heterocycles. The molecule has 0 atom stereocenters. The molecular weight excluding hydrogens is 651 g/mol. The van der Waals surface area contributed by atoms with Gasteiger partial charge in [0.05, 0.1) is 5.41 Å². The normalized spacial score (nSPS) is 12.6. The molecule has 9 aromatic rings. The Morgan fingerprint density at radius 3 is 1.30 bits per heavy atom. The lowest BCUT2D eigenvalue weighted by atomic mass is 9.66. The average molecular weight is 688 g/mol. The van der Waals surface area contributed by atoms with Crippen molar-refractivity contribution in [2.24, 2.45) is 0 Å². The Bertz CT molecular complexity index is 2640. The highest BCUT2D eigenvalue weighted by Gasteiger charge is 2.48. The molecule has 1 heteroatoms. The Kier molecular flexibility index (Phi) is 7.78. The van der Waals surface area contributed by atoms with Gasteiger partial charge in [-0.15, -0.1) is 0 Å². The molecule has 0 saturated carbocycles. The molecule has 0 fully saturated rings. The van der Waals surface area contributed by atoms with Crippen molar-refractivity contribution in [3.05, 3.63) is 247 Å². The highest BCUT2D eigenvalue weighted by Crippen LogP contribution is 2.62. The third kappa shape index (κ3) is 4.94. The van der Waals surface area contributed by atoms with Crippen molar-refractivity contribution in [2.75, 3.05) is 4.90 Å². The molecule has 1 aliphatic carbocycles. The molecule has 254 valence electrons. The van der Waals surface area contributed by atoms with Gasteiger partial charge in [-0.05, 0) is 103 Å². The minimum absolute atomic E-state index is 0.532. The summed E-state index contributed by atoms with van der Waals surface area (Å²) in [6.45, 7) is 0. The Morgan fingerprint density at radius 1 is 0.296 bits per heavy atom. The Labute approximate surface area is 317 Å². The lowest BCUT2D eigenvalue weighted by molar-refractivity contribution is 0.775. The fourth-order valence-corrected chi connectivity index (χ4v) is 8.97. The zero-order valence-electron chi connectivity index (χ0n) is 29.8. The van der Waals surface area contributed by atoms with Gasteiger partial charge in [0.2, 0.25) is 0 Å². The van der Waals surface area contributed by atoms with E-state index in [1.165, 1.54) is 66.4 Å². The van der Waals surface area contributed by atoms with Gasteiger partial charge in [-0.1, -0.05) is 188 Å². The van der Waals surface area contributed by atoms with Crippen molar-refractivity contribution < 1.29 is 0 Å². The highest BCUT2D eigenvalue weighted by molar-refractivity contribution is 6.15. The predicted octanol–water partition coefficient (Wildman–Crippen LogP) is 14.0. The molecule has 0 spiro atoms. The molecular formula is C53H37N. The second-order valence-electron chi connectivity index (χ2n) is 14.0. The van der Waals surface area contributed by atoms with E-state index in [0.29, 0.717) is 0 Å². The standard InChI is InChI=1S/C53H37N/c1-6-20-38(21-7-1)49-45-30-16-17-31-46(45)52-51(47-32-18-19-33-48(47)53(52,40-22-8-2-9-23-40)41-24-10-3-11-25-41)50(49)39-34-36-44(37-35-39)54(42-26-12-4-13-27-42)43-28-14-5-15-29-43/h1-37H. The lowest BCUT2D eigenvalue weighted by Gasteiger charge is -2.35. The van der Waals surface area contributed by atoms with E-state index < -0.39 is 5.41 Å². The van der Waals surface area contributed by atoms with Crippen LogP contribution in [0.1, 0.15) is 22.3 Å². The monoisotopic (exact) mass is 687 g/mol. The van der Waals surface area contributed by atoms with Crippen molar-refractivity contribution in [2.45, 2.75) is 5.41 Å². The molecule has 1 nitrogen and oxygen atoms in total. The van der Waals surface area contributed by atoms with Crippen LogP contribution in [0.25, 0.3) is 44.2 Å². The summed E-state index contributed by atoms with van der Waals surface area (Å²) in [5.74, 6) is 0. The van der Waals surface area contributed by atoms with Crippen LogP contribution in [0.3, 0.4) is 0 Å². The third-order valence-corrected chi connectivity index (χ3v) is 11.1. The van der Waals surface area contributed by atoms with Gasteiger partial charge >= 0.3 is 0 Å². The van der Waals surface area contributed by atoms with Gasteiger partial charge < -0.3 is 4.90 Å². The molecule has 54 heavy (non-hydrogen) atoms. The molecule has 0 heterocycles. The van der Waals surface area contributed by atoms with Crippen molar-refractivity contribution in [1.29, 1.82) is 0 Å². The predicted molar refractivity (Wildman–Crippen MR) is 227 cm³/mol. The highest BCUT2D eigenvalue weighted by atomic mass is 15.1. The molecule has 0 saturated heterocycles. The zero-order valence-corrected chi connectivity index (χ0v) is 29.8. The maximum absolute atomic E-state index is 2.36. The second kappa shape index (κ2) is 13.2. The minimum Gasteiger partial charge on any atom is -0.311 e. The average Bonchev–Trinajstić information content (AvgIpc) is 3.57. The number of rotatable bonds is 7. The summed E-state index contributed by atoms with van der Waals surface area (Å²) in [6, 6.07) is 81.9. The molecule has 0 aromatic heterocycles. The zero-order chi connectivity index (χ0) is 35.9. The van der Waals surface area contributed by atoms with Gasteiger partial charge in [-0.2, -0.15) is 0 Å². The number of nitrogens with zero attached hydrogens (tertiary/aromatic N) is 1. The number of anilines is 3. The first-order chi connectivity index (χ1) is 26.8. The third-order valence-electron chi connectivity index (χ3n) is 11.1. The van der Waals surface area contributed by atoms with E-state index in [9.17, 15) is 0 Å². The summed E-state index contributed by atoms with van der Waals surface area (Å²) in [7, 11) is 0. The quantitative estimate of drug-likeness (QED) is 0.161. The van der Waals surface area contributed by atoms with Crippen molar-refractivity contribution in [1.82, 2.24) is 0 Å². The first-order valence-corrected chi connectivity index (χ1v) is 18.7. The maximum Gasteiger partial charge on any atom is 0.0719 e. The fourth-order valence-electron chi connectivity index (χ4n) is 8.97. The first kappa shape index (κ1) is 31.7. The maximum atomic E-state index is 2.36. The van der Waals surface area contributed by atoms with E-state index in [-0.39, 0.29) is 0 Å². The van der Waals surface area contributed by atoms with Crippen LogP contribution < -0.4 is 4.90 Å². The van der Waals surface area contributed by atoms with Crippen molar-refractivity contribution >= 4 is 27.8 Å². The van der Waals surface area contributed by atoms with E-state index >= 15 is 0 Å². The number of para-hydroxylation sites is 2. The molecule has 0 bridgehead atoms. The molecule has 9 aromatic carbocycles. The van der Waals surface area contributed by atoms with Gasteiger partial charge in [0, 0.05) is 17.1 Å². The summed E-state index contributed by atoms with van der Waals surface area (Å²) < 4.78 is 0. The fraction of sp³-hybridized carbons (Fsp3) is 0.0189. The van der Waals surface area contributed by atoms with E-state index in [2.05, 4.69) is 229 Å². The largest absolute Gasteiger partial charge is 0.311 e. The van der Waals surface area contributed by atoms with E-state index in [1.807, 2.05) is 0 Å². The van der Waals surface area contributed by atoms with Crippen LogP contribution in [-0.2, 0) is 5.41 Å². The van der Waals surface area contributed by atoms with E-state index in [4.69, 9.17) is 0 Å². The smallest absolute Gasteiger partial charge is 0.0719 e. The SMILES string of the molecule is c1ccc(-c2c(-c3ccc(N(c4ccccc4)c4ccccc4)cc3)c3c(c4ccccc24)C(c2ccccc2)(c2ccccc2)c2ccccc2-3)cc1. The summed E-state index contributed by atoms with van der Waals surface area (Å²) in [6.07, 6.45) is 0. The van der Waals surface area contributed by atoms with Crippen LogP contribution in [0, 0.1) is 0 Å². The van der Waals surface area contributed by atoms with Crippen molar-refractivity contribution in [3.63, 3.8) is 0 Å². The van der Waals surface area contributed by atoms with Gasteiger partial charge in [-0.3, -0.25) is 0 Å². The number of fused-ring (bicyclic) bond motifs is 5. The molecule has 0 amide bonds. The van der Waals surface area contributed by atoms with E-state index in [0.717, 1.165) is 17.1 Å². The van der Waals surface area contributed by atoms with Crippen LogP contribution in [0.5, 0.6) is 0 Å². The van der Waals surface area contributed by atoms with Crippen LogP contribution in [0.15, 0.2) is 224 Å². The van der Waals surface area contributed by atoms with Crippen LogP contribution >= 0.6 is 0 Å². The summed E-state index contributed by atoms with van der Waals surface area (Å²) in [5, 5.41) is 2.52. The lowest BCUT2D eigenvalue weighted by Crippen LogP contribution is -2.28. The van der Waals surface area contributed by atoms with E-state index in [1.54, 1.807) is 0 Å². The molecule has 0 radical (unpaired) electrons. The second-order valence-corrected chi connectivity index (χ2v) is 14.0. The number of benzene rings is 9.